The Bertz CT molecular complexity index is 1850. The highest BCUT2D eigenvalue weighted by Crippen LogP contribution is 2.31. The van der Waals surface area contributed by atoms with Gasteiger partial charge in [-0.2, -0.15) is 0 Å². The van der Waals surface area contributed by atoms with Crippen LogP contribution >= 0.6 is 0 Å². The fourth-order valence-corrected chi connectivity index (χ4v) is 8.39. The average molecular weight is 761 g/mol. The summed E-state index contributed by atoms with van der Waals surface area (Å²) < 4.78 is 81.2. The van der Waals surface area contributed by atoms with E-state index in [1.807, 2.05) is 67.5 Å². The van der Waals surface area contributed by atoms with Gasteiger partial charge < -0.3 is 18.5 Å². The Morgan fingerprint density at radius 3 is 1.27 bits per heavy atom. The Kier molecular flexibility index (Phi) is 14.6. The van der Waals surface area contributed by atoms with Crippen LogP contribution in [-0.4, -0.2) is 64.7 Å². The average Bonchev–Trinajstić information content (AvgIpc) is 3.58. The lowest BCUT2D eigenvalue weighted by Gasteiger charge is -2.29. The molecule has 4 aromatic rings. The Morgan fingerprint density at radius 2 is 0.962 bits per heavy atom. The monoisotopic (exact) mass is 760 g/mol. The number of hydrogen-bond acceptors (Lipinski definition) is 10. The summed E-state index contributed by atoms with van der Waals surface area (Å²) in [7, 11) is -7.58. The van der Waals surface area contributed by atoms with Gasteiger partial charge in [0.05, 0.1) is 45.6 Å². The van der Waals surface area contributed by atoms with E-state index in [0.29, 0.717) is 46.9 Å². The first-order valence-electron chi connectivity index (χ1n) is 17.6. The van der Waals surface area contributed by atoms with Gasteiger partial charge in [-0.3, -0.25) is 0 Å². The van der Waals surface area contributed by atoms with Crippen molar-refractivity contribution in [3.05, 3.63) is 70.4 Å². The van der Waals surface area contributed by atoms with Crippen LogP contribution in [0, 0.1) is 41.5 Å². The normalized spacial score (nSPS) is 12.5. The molecule has 0 radical (unpaired) electrons. The third-order valence-electron chi connectivity index (χ3n) is 8.71. The molecule has 4 rings (SSSR count). The van der Waals surface area contributed by atoms with Gasteiger partial charge in [-0.05, 0) is 116 Å². The van der Waals surface area contributed by atoms with Crippen LogP contribution in [0.4, 0.5) is 0 Å². The molecule has 0 fully saturated rings. The van der Waals surface area contributed by atoms with Gasteiger partial charge in [0.1, 0.15) is 11.5 Å². The summed E-state index contributed by atoms with van der Waals surface area (Å²) in [4.78, 5) is 0.402. The molecule has 0 aliphatic carbocycles. The number of aryl methyl sites for hydroxylation is 6. The molecule has 0 amide bonds. The zero-order chi connectivity index (χ0) is 39.1. The predicted octanol–water partition coefficient (Wildman–Crippen LogP) is 7.50. The third kappa shape index (κ3) is 11.1. The first kappa shape index (κ1) is 43.0. The number of nitrogens with zero attached hydrogens (tertiary/aromatic N) is 2. The zero-order valence-electron chi connectivity index (χ0n) is 32.7. The summed E-state index contributed by atoms with van der Waals surface area (Å²) in [5, 5.41) is 7.97. The second-order valence-corrected chi connectivity index (χ2v) is 17.3. The summed E-state index contributed by atoms with van der Waals surface area (Å²) in [6.45, 7) is 23.3. The highest BCUT2D eigenvalue weighted by molar-refractivity contribution is 7.89. The molecule has 52 heavy (non-hydrogen) atoms. The van der Waals surface area contributed by atoms with Crippen LogP contribution in [0.3, 0.4) is 0 Å². The molecule has 0 aliphatic rings. The van der Waals surface area contributed by atoms with E-state index in [1.54, 1.807) is 52.0 Å². The van der Waals surface area contributed by atoms with Crippen molar-refractivity contribution in [2.24, 2.45) is 0 Å². The van der Waals surface area contributed by atoms with E-state index in [1.165, 1.54) is 0 Å². The van der Waals surface area contributed by atoms with E-state index in [4.69, 9.17) is 18.5 Å². The van der Waals surface area contributed by atoms with E-state index in [-0.39, 0.29) is 36.1 Å². The van der Waals surface area contributed by atoms with Gasteiger partial charge in [-0.15, -0.1) is 0 Å². The van der Waals surface area contributed by atoms with Crippen molar-refractivity contribution < 1.29 is 35.4 Å². The van der Waals surface area contributed by atoms with Crippen LogP contribution in [-0.2, 0) is 29.5 Å². The lowest BCUT2D eigenvalue weighted by Crippen LogP contribution is -2.36. The second-order valence-electron chi connectivity index (χ2n) is 13.9. The Morgan fingerprint density at radius 1 is 0.615 bits per heavy atom. The smallest absolute Gasteiger partial charge is 0.240 e. The number of hydrogen-bond donors (Lipinski definition) is 2. The van der Waals surface area contributed by atoms with Gasteiger partial charge in [-0.1, -0.05) is 48.4 Å². The van der Waals surface area contributed by atoms with Crippen molar-refractivity contribution in [1.29, 1.82) is 0 Å². The second kappa shape index (κ2) is 17.6. The largest absolute Gasteiger partial charge is 0.373 e. The zero-order valence-corrected chi connectivity index (χ0v) is 34.3. The van der Waals surface area contributed by atoms with E-state index < -0.39 is 31.2 Å². The molecular weight excluding hydrogens is 705 g/mol. The number of sulfonamides is 2. The van der Waals surface area contributed by atoms with Crippen molar-refractivity contribution in [3.63, 3.8) is 0 Å². The maximum absolute atomic E-state index is 13.3. The van der Waals surface area contributed by atoms with Crippen LogP contribution in [0.1, 0.15) is 88.4 Å². The molecule has 2 aromatic carbocycles. The molecule has 288 valence electrons. The van der Waals surface area contributed by atoms with Gasteiger partial charge >= 0.3 is 0 Å². The third-order valence-corrected chi connectivity index (χ3v) is 11.9. The SMILES string of the molecule is CC.Cc1ccc(-c2c(C)noc2C)cc1S(=O)(=O)NCCC(C)(C)OCCOC(C)(C)CCNS(=O)(=O)c1cc(-c2c(C)noc2C)ccc1C. The van der Waals surface area contributed by atoms with Crippen LogP contribution in [0.15, 0.2) is 55.2 Å². The quantitative estimate of drug-likeness (QED) is 0.103. The molecule has 14 heteroatoms. The summed E-state index contributed by atoms with van der Waals surface area (Å²) >= 11 is 0. The molecule has 0 spiro atoms. The first-order chi connectivity index (χ1) is 24.2. The lowest BCUT2D eigenvalue weighted by atomic mass is 10.0. The maximum Gasteiger partial charge on any atom is 0.240 e. The van der Waals surface area contributed by atoms with Crippen molar-refractivity contribution in [2.45, 2.75) is 117 Å². The number of ether oxygens (including phenoxy) is 2. The molecule has 2 heterocycles. The minimum absolute atomic E-state index is 0.178. The number of benzene rings is 2. The molecule has 0 aliphatic heterocycles. The number of nitrogens with one attached hydrogen (secondary N) is 2. The fraction of sp³-hybridized carbons (Fsp3) is 0.526. The molecule has 0 unspecified atom stereocenters. The molecule has 2 N–H and O–H groups in total. The molecule has 2 aromatic heterocycles. The maximum atomic E-state index is 13.3. The molecule has 0 atom stereocenters. The molecule has 12 nitrogen and oxygen atoms in total. The minimum atomic E-state index is -3.79. The topological polar surface area (TPSA) is 163 Å². The van der Waals surface area contributed by atoms with Crippen LogP contribution < -0.4 is 9.44 Å². The minimum Gasteiger partial charge on any atom is -0.373 e. The van der Waals surface area contributed by atoms with Crippen LogP contribution in [0.2, 0.25) is 0 Å². The van der Waals surface area contributed by atoms with E-state index in [0.717, 1.165) is 22.3 Å². The highest BCUT2D eigenvalue weighted by atomic mass is 32.2. The Balaban J connectivity index is 0.00000358. The molecular formula is C38H56N4O8S2. The van der Waals surface area contributed by atoms with Crippen molar-refractivity contribution in [1.82, 2.24) is 19.8 Å². The number of rotatable bonds is 17. The fourth-order valence-electron chi connectivity index (χ4n) is 5.79. The molecule has 0 saturated heterocycles. The van der Waals surface area contributed by atoms with E-state index >= 15 is 0 Å². The summed E-state index contributed by atoms with van der Waals surface area (Å²) in [6.07, 6.45) is 0.855. The predicted molar refractivity (Wildman–Crippen MR) is 203 cm³/mol. The lowest BCUT2D eigenvalue weighted by molar-refractivity contribution is -0.0875. The Labute approximate surface area is 310 Å². The Hall–Kier alpha value is -3.40. The molecule has 0 saturated carbocycles. The van der Waals surface area contributed by atoms with Crippen molar-refractivity contribution in [2.75, 3.05) is 26.3 Å². The van der Waals surface area contributed by atoms with Crippen molar-refractivity contribution in [3.8, 4) is 22.3 Å². The van der Waals surface area contributed by atoms with Crippen LogP contribution in [0.25, 0.3) is 22.3 Å². The van der Waals surface area contributed by atoms with Gasteiger partial charge in [0, 0.05) is 24.2 Å². The summed E-state index contributed by atoms with van der Waals surface area (Å²) in [5.74, 6) is 1.25. The van der Waals surface area contributed by atoms with E-state index in [2.05, 4.69) is 19.8 Å². The summed E-state index contributed by atoms with van der Waals surface area (Å²) in [6, 6.07) is 10.6. The van der Waals surface area contributed by atoms with Gasteiger partial charge in [0.25, 0.3) is 0 Å². The van der Waals surface area contributed by atoms with Crippen molar-refractivity contribution >= 4 is 20.0 Å². The summed E-state index contributed by atoms with van der Waals surface area (Å²) in [5.41, 5.74) is 4.42. The highest BCUT2D eigenvalue weighted by Gasteiger charge is 2.26. The van der Waals surface area contributed by atoms with Crippen LogP contribution in [0.5, 0.6) is 0 Å². The number of aromatic nitrogens is 2. The van der Waals surface area contributed by atoms with Gasteiger partial charge in [-0.25, -0.2) is 26.3 Å². The van der Waals surface area contributed by atoms with Gasteiger partial charge in [0.2, 0.25) is 20.0 Å². The van der Waals surface area contributed by atoms with Gasteiger partial charge in [0.15, 0.2) is 0 Å². The van der Waals surface area contributed by atoms with E-state index in [9.17, 15) is 16.8 Å². The standard InChI is InChI=1S/C36H50N4O8S2.C2H6/c1-23-11-13-29(33-25(3)39-47-27(33)5)21-31(23)49(41,42)37-17-15-35(7,8)45-19-20-46-36(9,10)16-18-38-50(43,44)32-22-30(14-12-24(32)2)34-26(4)40-48-28(34)6;1-2/h11-14,21-22,37-38H,15-20H2,1-10H3;1-2H3. The molecule has 0 bridgehead atoms. The first-order valence-corrected chi connectivity index (χ1v) is 20.5.